The number of carbonyl (C=O) groups excluding carboxylic acids is 1. The summed E-state index contributed by atoms with van der Waals surface area (Å²) in [4.78, 5) is 15.1. The Morgan fingerprint density at radius 3 is 2.43 bits per heavy atom. The molecule has 3 aliphatic rings. The molecule has 1 atom stereocenters. The molecule has 2 aliphatic carbocycles. The maximum atomic E-state index is 12.9. The molecule has 3 nitrogen and oxygen atoms in total. The third kappa shape index (κ3) is 2.86. The average Bonchev–Trinajstić information content (AvgIpc) is 3.00. The first kappa shape index (κ1) is 15.3. The van der Waals surface area contributed by atoms with Crippen molar-refractivity contribution in [2.24, 2.45) is 11.3 Å². The number of nitrogens with zero attached hydrogens (tertiary/aromatic N) is 1. The van der Waals surface area contributed by atoms with Gasteiger partial charge in [0, 0.05) is 6.54 Å². The van der Waals surface area contributed by atoms with Crippen molar-refractivity contribution in [3.8, 4) is 0 Å². The zero-order valence-corrected chi connectivity index (χ0v) is 14.1. The molecule has 0 aromatic heterocycles. The Kier molecular flexibility index (Phi) is 4.06. The summed E-state index contributed by atoms with van der Waals surface area (Å²) in [7, 11) is 0. The second kappa shape index (κ2) is 5.57. The van der Waals surface area contributed by atoms with Crippen LogP contribution in [0.5, 0.6) is 0 Å². The summed E-state index contributed by atoms with van der Waals surface area (Å²) < 4.78 is 0. The SMILES string of the molecule is CCCC1NC2(CC2)C(=O)N1CC1(CC(C)C)CCCC1. The highest BCUT2D eigenvalue weighted by Gasteiger charge is 2.59. The Morgan fingerprint density at radius 1 is 1.24 bits per heavy atom. The van der Waals surface area contributed by atoms with E-state index in [2.05, 4.69) is 31.0 Å². The minimum Gasteiger partial charge on any atom is -0.325 e. The van der Waals surface area contributed by atoms with Crippen LogP contribution < -0.4 is 5.32 Å². The molecule has 0 aromatic carbocycles. The van der Waals surface area contributed by atoms with E-state index in [1.54, 1.807) is 0 Å². The van der Waals surface area contributed by atoms with Gasteiger partial charge in [0.05, 0.1) is 11.7 Å². The van der Waals surface area contributed by atoms with Crippen LogP contribution in [-0.2, 0) is 4.79 Å². The second-order valence-corrected chi connectivity index (χ2v) is 8.27. The standard InChI is InChI=1S/C18H32N2O/c1-4-7-15-19-18(10-11-18)16(21)20(15)13-17(12-14(2)3)8-5-6-9-17/h14-15,19H,4-13H2,1-3H3. The topological polar surface area (TPSA) is 32.3 Å². The zero-order valence-electron chi connectivity index (χ0n) is 14.1. The molecule has 2 saturated carbocycles. The van der Waals surface area contributed by atoms with Gasteiger partial charge >= 0.3 is 0 Å². The van der Waals surface area contributed by atoms with Crippen molar-refractivity contribution in [1.29, 1.82) is 0 Å². The fourth-order valence-electron chi connectivity index (χ4n) is 4.82. The highest BCUT2D eigenvalue weighted by atomic mass is 16.2. The molecule has 0 radical (unpaired) electrons. The summed E-state index contributed by atoms with van der Waals surface area (Å²) in [5.74, 6) is 1.14. The third-order valence-corrected chi connectivity index (χ3v) is 5.81. The van der Waals surface area contributed by atoms with Crippen LogP contribution in [0.15, 0.2) is 0 Å². The molecule has 1 amide bonds. The van der Waals surface area contributed by atoms with Crippen molar-refractivity contribution in [1.82, 2.24) is 10.2 Å². The van der Waals surface area contributed by atoms with Gasteiger partial charge in [-0.1, -0.05) is 40.0 Å². The maximum absolute atomic E-state index is 12.9. The normalized spacial score (nSPS) is 29.8. The van der Waals surface area contributed by atoms with Gasteiger partial charge in [-0.2, -0.15) is 0 Å². The number of hydrogen-bond donors (Lipinski definition) is 1. The summed E-state index contributed by atoms with van der Waals surface area (Å²) in [5, 5.41) is 3.66. The van der Waals surface area contributed by atoms with Crippen LogP contribution in [0.3, 0.4) is 0 Å². The van der Waals surface area contributed by atoms with E-state index in [0.717, 1.165) is 38.1 Å². The van der Waals surface area contributed by atoms with Crippen LogP contribution in [0.1, 0.15) is 78.6 Å². The highest BCUT2D eigenvalue weighted by molar-refractivity contribution is 5.91. The summed E-state index contributed by atoms with van der Waals surface area (Å²) in [6.07, 6.45) is 11.3. The molecule has 0 bridgehead atoms. The maximum Gasteiger partial charge on any atom is 0.244 e. The molecule has 1 unspecified atom stereocenters. The second-order valence-electron chi connectivity index (χ2n) is 8.27. The van der Waals surface area contributed by atoms with E-state index in [9.17, 15) is 4.79 Å². The fraction of sp³-hybridized carbons (Fsp3) is 0.944. The van der Waals surface area contributed by atoms with E-state index in [4.69, 9.17) is 0 Å². The van der Waals surface area contributed by atoms with Gasteiger partial charge in [-0.15, -0.1) is 0 Å². The third-order valence-electron chi connectivity index (χ3n) is 5.81. The van der Waals surface area contributed by atoms with Gasteiger partial charge in [-0.3, -0.25) is 10.1 Å². The molecule has 3 rings (SSSR count). The number of rotatable bonds is 6. The summed E-state index contributed by atoms with van der Waals surface area (Å²) in [6, 6.07) is 0. The minimum absolute atomic E-state index is 0.141. The van der Waals surface area contributed by atoms with Crippen molar-refractivity contribution >= 4 is 5.91 Å². The van der Waals surface area contributed by atoms with Crippen molar-refractivity contribution < 1.29 is 4.79 Å². The molecule has 0 aromatic rings. The number of hydrogen-bond acceptors (Lipinski definition) is 2. The van der Waals surface area contributed by atoms with Crippen molar-refractivity contribution in [2.45, 2.75) is 90.3 Å². The van der Waals surface area contributed by atoms with Gasteiger partial charge in [0.1, 0.15) is 0 Å². The minimum atomic E-state index is -0.141. The van der Waals surface area contributed by atoms with E-state index >= 15 is 0 Å². The Bertz CT molecular complexity index is 394. The van der Waals surface area contributed by atoms with Crippen LogP contribution in [0.2, 0.25) is 0 Å². The Morgan fingerprint density at radius 2 is 1.90 bits per heavy atom. The molecule has 1 saturated heterocycles. The fourth-order valence-corrected chi connectivity index (χ4v) is 4.82. The van der Waals surface area contributed by atoms with Gasteiger partial charge in [0.15, 0.2) is 0 Å². The lowest BCUT2D eigenvalue weighted by atomic mass is 9.78. The molecule has 120 valence electrons. The quantitative estimate of drug-likeness (QED) is 0.810. The molecule has 21 heavy (non-hydrogen) atoms. The molecular formula is C18H32N2O. The van der Waals surface area contributed by atoms with Crippen molar-refractivity contribution in [3.63, 3.8) is 0 Å². The molecular weight excluding hydrogens is 260 g/mol. The van der Waals surface area contributed by atoms with Crippen LogP contribution in [0.25, 0.3) is 0 Å². The number of carbonyl (C=O) groups is 1. The summed E-state index contributed by atoms with van der Waals surface area (Å²) in [6.45, 7) is 7.89. The largest absolute Gasteiger partial charge is 0.325 e. The molecule has 3 fully saturated rings. The van der Waals surface area contributed by atoms with Crippen molar-refractivity contribution in [2.75, 3.05) is 6.54 Å². The van der Waals surface area contributed by atoms with Crippen LogP contribution in [-0.4, -0.2) is 29.1 Å². The van der Waals surface area contributed by atoms with Crippen molar-refractivity contribution in [3.05, 3.63) is 0 Å². The van der Waals surface area contributed by atoms with E-state index in [0.29, 0.717) is 17.5 Å². The molecule has 1 heterocycles. The highest BCUT2D eigenvalue weighted by Crippen LogP contribution is 2.48. The Hall–Kier alpha value is -0.570. The van der Waals surface area contributed by atoms with Crippen LogP contribution in [0, 0.1) is 11.3 Å². The van der Waals surface area contributed by atoms with Crippen LogP contribution in [0.4, 0.5) is 0 Å². The van der Waals surface area contributed by atoms with Gasteiger partial charge in [0.25, 0.3) is 0 Å². The lowest BCUT2D eigenvalue weighted by Gasteiger charge is -2.37. The lowest BCUT2D eigenvalue weighted by molar-refractivity contribution is -0.132. The van der Waals surface area contributed by atoms with E-state index in [1.165, 1.54) is 32.1 Å². The molecule has 1 N–H and O–H groups in total. The lowest BCUT2D eigenvalue weighted by Crippen LogP contribution is -2.44. The predicted octanol–water partition coefficient (Wildman–Crippen LogP) is 3.68. The zero-order chi connectivity index (χ0) is 15.1. The first-order chi connectivity index (χ1) is 10.0. The Labute approximate surface area is 129 Å². The smallest absolute Gasteiger partial charge is 0.244 e. The first-order valence-corrected chi connectivity index (χ1v) is 9.09. The Balaban J connectivity index is 1.75. The van der Waals surface area contributed by atoms with Gasteiger partial charge in [-0.25, -0.2) is 0 Å². The van der Waals surface area contributed by atoms with E-state index < -0.39 is 0 Å². The molecule has 1 aliphatic heterocycles. The van der Waals surface area contributed by atoms with Crippen LogP contribution >= 0.6 is 0 Å². The number of amides is 1. The van der Waals surface area contributed by atoms with Gasteiger partial charge in [0.2, 0.25) is 5.91 Å². The molecule has 3 heteroatoms. The van der Waals surface area contributed by atoms with E-state index in [-0.39, 0.29) is 5.54 Å². The van der Waals surface area contributed by atoms with Gasteiger partial charge in [-0.05, 0) is 49.9 Å². The summed E-state index contributed by atoms with van der Waals surface area (Å²) >= 11 is 0. The average molecular weight is 292 g/mol. The number of nitrogens with one attached hydrogen (secondary N) is 1. The summed E-state index contributed by atoms with van der Waals surface area (Å²) in [5.41, 5.74) is 0.259. The van der Waals surface area contributed by atoms with Gasteiger partial charge < -0.3 is 4.90 Å². The van der Waals surface area contributed by atoms with E-state index in [1.807, 2.05) is 0 Å². The monoisotopic (exact) mass is 292 g/mol. The predicted molar refractivity (Wildman–Crippen MR) is 85.9 cm³/mol. The first-order valence-electron chi connectivity index (χ1n) is 9.09. The molecule has 1 spiro atoms.